The minimum Gasteiger partial charge on any atom is -0.444 e. The van der Waals surface area contributed by atoms with Crippen molar-refractivity contribution in [1.82, 2.24) is 9.88 Å². The summed E-state index contributed by atoms with van der Waals surface area (Å²) in [6.45, 7) is 5.79. The number of hydrogen-bond donors (Lipinski definition) is 0. The molecule has 1 aromatic heterocycles. The number of hydrogen-bond acceptors (Lipinski definition) is 4. The Bertz CT molecular complexity index is 592. The van der Waals surface area contributed by atoms with E-state index in [0.717, 1.165) is 25.1 Å². The monoisotopic (exact) mass is 331 g/mol. The van der Waals surface area contributed by atoms with Crippen LogP contribution in [0.4, 0.5) is 10.6 Å². The lowest BCUT2D eigenvalue weighted by atomic mass is 9.91. The summed E-state index contributed by atoms with van der Waals surface area (Å²) in [6, 6.07) is 4.78. The highest BCUT2D eigenvalue weighted by Gasteiger charge is 2.47. The van der Waals surface area contributed by atoms with Gasteiger partial charge in [0.25, 0.3) is 0 Å². The number of piperidine rings is 1. The summed E-state index contributed by atoms with van der Waals surface area (Å²) in [5, 5.41) is 0. The maximum absolute atomic E-state index is 12.7. The van der Waals surface area contributed by atoms with Gasteiger partial charge in [0.15, 0.2) is 0 Å². The zero-order valence-electron chi connectivity index (χ0n) is 15.5. The van der Waals surface area contributed by atoms with E-state index in [2.05, 4.69) is 17.1 Å². The second kappa shape index (κ2) is 6.26. The van der Waals surface area contributed by atoms with E-state index in [1.807, 2.05) is 50.9 Å². The number of carbonyl (C=O) groups excluding carboxylic acids is 1. The van der Waals surface area contributed by atoms with E-state index in [0.29, 0.717) is 12.0 Å². The number of amides is 1. The van der Waals surface area contributed by atoms with Crippen molar-refractivity contribution < 1.29 is 9.53 Å². The number of pyridine rings is 1. The molecular weight excluding hydrogens is 302 g/mol. The average Bonchev–Trinajstić information content (AvgIpc) is 2.72. The van der Waals surface area contributed by atoms with Gasteiger partial charge in [-0.1, -0.05) is 6.07 Å². The molecule has 132 valence electrons. The minimum atomic E-state index is -0.446. The minimum absolute atomic E-state index is 0.155. The number of rotatable bonds is 2. The Labute approximate surface area is 145 Å². The number of fused-ring (bicyclic) bond motifs is 2. The molecule has 2 saturated heterocycles. The van der Waals surface area contributed by atoms with Crippen LogP contribution in [-0.4, -0.2) is 47.8 Å². The largest absolute Gasteiger partial charge is 0.444 e. The van der Waals surface area contributed by atoms with E-state index in [9.17, 15) is 4.79 Å². The SMILES string of the molecule is CN(C)c1ccc(C2CC3CCCC2N3C(=O)OC(C)(C)C)cn1. The van der Waals surface area contributed by atoms with Gasteiger partial charge in [-0.15, -0.1) is 0 Å². The molecule has 0 saturated carbocycles. The lowest BCUT2D eigenvalue weighted by Crippen LogP contribution is -2.47. The predicted octanol–water partition coefficient (Wildman–Crippen LogP) is 3.79. The van der Waals surface area contributed by atoms with Crippen molar-refractivity contribution in [3.05, 3.63) is 23.9 Å². The van der Waals surface area contributed by atoms with E-state index in [1.165, 1.54) is 12.0 Å². The molecule has 24 heavy (non-hydrogen) atoms. The molecule has 2 fully saturated rings. The van der Waals surface area contributed by atoms with Crippen molar-refractivity contribution in [2.24, 2.45) is 0 Å². The number of ether oxygens (including phenoxy) is 1. The van der Waals surface area contributed by atoms with Crippen LogP contribution in [0.15, 0.2) is 18.3 Å². The summed E-state index contributed by atoms with van der Waals surface area (Å²) in [5.74, 6) is 1.33. The summed E-state index contributed by atoms with van der Waals surface area (Å²) < 4.78 is 5.66. The lowest BCUT2D eigenvalue weighted by Gasteiger charge is -2.36. The molecular formula is C19H29N3O2. The first-order chi connectivity index (χ1) is 11.3. The summed E-state index contributed by atoms with van der Waals surface area (Å²) in [5.41, 5.74) is 0.793. The Morgan fingerprint density at radius 2 is 2.04 bits per heavy atom. The van der Waals surface area contributed by atoms with Crippen LogP contribution in [0, 0.1) is 0 Å². The topological polar surface area (TPSA) is 45.7 Å². The summed E-state index contributed by atoms with van der Waals surface area (Å²) >= 11 is 0. The fourth-order valence-electron chi connectivity index (χ4n) is 4.03. The van der Waals surface area contributed by atoms with E-state index in [4.69, 9.17) is 4.74 Å². The highest BCUT2D eigenvalue weighted by molar-refractivity contribution is 5.70. The molecule has 0 radical (unpaired) electrons. The molecule has 0 aliphatic carbocycles. The van der Waals surface area contributed by atoms with Crippen LogP contribution < -0.4 is 4.90 Å². The van der Waals surface area contributed by atoms with Crippen molar-refractivity contribution in [1.29, 1.82) is 0 Å². The van der Waals surface area contributed by atoms with Gasteiger partial charge in [-0.05, 0) is 58.1 Å². The molecule has 3 atom stereocenters. The molecule has 0 aromatic carbocycles. The normalized spacial score (nSPS) is 26.4. The zero-order chi connectivity index (χ0) is 17.5. The second-order valence-corrected chi connectivity index (χ2v) is 8.23. The fourth-order valence-corrected chi connectivity index (χ4v) is 4.03. The molecule has 1 amide bonds. The first kappa shape index (κ1) is 17.1. The van der Waals surface area contributed by atoms with Crippen LogP contribution in [-0.2, 0) is 4.74 Å². The molecule has 2 bridgehead atoms. The van der Waals surface area contributed by atoms with Crippen LogP contribution in [0.2, 0.25) is 0 Å². The number of nitrogens with zero attached hydrogens (tertiary/aromatic N) is 3. The molecule has 5 heteroatoms. The Kier molecular flexibility index (Phi) is 4.45. The summed E-state index contributed by atoms with van der Waals surface area (Å²) in [4.78, 5) is 21.3. The highest BCUT2D eigenvalue weighted by atomic mass is 16.6. The van der Waals surface area contributed by atoms with Crippen LogP contribution in [0.25, 0.3) is 0 Å². The maximum atomic E-state index is 12.7. The van der Waals surface area contributed by atoms with E-state index >= 15 is 0 Å². The van der Waals surface area contributed by atoms with Gasteiger partial charge in [-0.25, -0.2) is 9.78 Å². The Morgan fingerprint density at radius 3 is 2.62 bits per heavy atom. The molecule has 0 spiro atoms. The fraction of sp³-hybridized carbons (Fsp3) is 0.684. The first-order valence-electron chi connectivity index (χ1n) is 8.91. The molecule has 2 aliphatic heterocycles. The third-order valence-electron chi connectivity index (χ3n) is 5.04. The molecule has 2 aliphatic rings. The third kappa shape index (κ3) is 3.35. The lowest BCUT2D eigenvalue weighted by molar-refractivity contribution is 0.00708. The van der Waals surface area contributed by atoms with Gasteiger partial charge in [0.05, 0.1) is 0 Å². The van der Waals surface area contributed by atoms with Crippen molar-refractivity contribution in [3.8, 4) is 0 Å². The average molecular weight is 331 g/mol. The standard InChI is InChI=1S/C19H29N3O2/c1-19(2,3)24-18(23)22-14-7-6-8-16(22)15(11-14)13-9-10-17(20-12-13)21(4)5/h9-10,12,14-16H,6-8,11H2,1-5H3. The van der Waals surface area contributed by atoms with Gasteiger partial charge in [0, 0.05) is 38.3 Å². The van der Waals surface area contributed by atoms with Crippen molar-refractivity contribution in [3.63, 3.8) is 0 Å². The first-order valence-corrected chi connectivity index (χ1v) is 8.91. The Morgan fingerprint density at radius 1 is 1.29 bits per heavy atom. The third-order valence-corrected chi connectivity index (χ3v) is 5.04. The highest BCUT2D eigenvalue weighted by Crippen LogP contribution is 2.45. The number of anilines is 1. The molecule has 1 aromatic rings. The van der Waals surface area contributed by atoms with E-state index < -0.39 is 5.60 Å². The smallest absolute Gasteiger partial charge is 0.410 e. The van der Waals surface area contributed by atoms with Gasteiger partial charge in [-0.2, -0.15) is 0 Å². The van der Waals surface area contributed by atoms with Gasteiger partial charge in [0.1, 0.15) is 11.4 Å². The quantitative estimate of drug-likeness (QED) is 0.827. The van der Waals surface area contributed by atoms with Crippen LogP contribution in [0.5, 0.6) is 0 Å². The van der Waals surface area contributed by atoms with Crippen LogP contribution >= 0.6 is 0 Å². The van der Waals surface area contributed by atoms with Crippen molar-refractivity contribution in [2.45, 2.75) is 70.1 Å². The molecule has 5 nitrogen and oxygen atoms in total. The summed E-state index contributed by atoms with van der Waals surface area (Å²) in [6.07, 6.45) is 6.16. The number of aromatic nitrogens is 1. The van der Waals surface area contributed by atoms with Gasteiger partial charge in [-0.3, -0.25) is 0 Å². The molecule has 3 unspecified atom stereocenters. The Balaban J connectivity index is 1.80. The second-order valence-electron chi connectivity index (χ2n) is 8.23. The van der Waals surface area contributed by atoms with Crippen molar-refractivity contribution in [2.75, 3.05) is 19.0 Å². The van der Waals surface area contributed by atoms with Crippen LogP contribution in [0.1, 0.15) is 57.9 Å². The maximum Gasteiger partial charge on any atom is 0.410 e. The van der Waals surface area contributed by atoms with Gasteiger partial charge < -0.3 is 14.5 Å². The molecule has 3 heterocycles. The summed E-state index contributed by atoms with van der Waals surface area (Å²) in [7, 11) is 3.99. The van der Waals surface area contributed by atoms with Crippen molar-refractivity contribution >= 4 is 11.9 Å². The van der Waals surface area contributed by atoms with E-state index in [-0.39, 0.29) is 12.1 Å². The van der Waals surface area contributed by atoms with Crippen LogP contribution in [0.3, 0.4) is 0 Å². The van der Waals surface area contributed by atoms with E-state index in [1.54, 1.807) is 0 Å². The predicted molar refractivity (Wildman–Crippen MR) is 95.4 cm³/mol. The molecule has 0 N–H and O–H groups in total. The van der Waals surface area contributed by atoms with Gasteiger partial charge >= 0.3 is 6.09 Å². The molecule has 3 rings (SSSR count). The van der Waals surface area contributed by atoms with Gasteiger partial charge in [0.2, 0.25) is 0 Å². The Hall–Kier alpha value is -1.78. The zero-order valence-corrected chi connectivity index (χ0v) is 15.5. The number of carbonyl (C=O) groups is 1.